The van der Waals surface area contributed by atoms with Gasteiger partial charge in [-0.3, -0.25) is 9.59 Å². The predicted molar refractivity (Wildman–Crippen MR) is 75.6 cm³/mol. The molecule has 2 unspecified atom stereocenters. The Balaban J connectivity index is 3.73. The summed E-state index contributed by atoms with van der Waals surface area (Å²) in [4.78, 5) is 23.1. The average molecular weight is 272 g/mol. The molecule has 0 saturated heterocycles. The van der Waals surface area contributed by atoms with Gasteiger partial charge in [-0.05, 0) is 26.7 Å². The standard InChI is InChI=1S/C14H28N2O3/c1-10(9-11(2)17)16-12(18)7-6-8-15-13(19)14(3,4)5/h10-11,17H,6-9H2,1-5H3,(H,15,19)(H,16,18). The largest absolute Gasteiger partial charge is 0.393 e. The summed E-state index contributed by atoms with van der Waals surface area (Å²) in [5, 5.41) is 14.8. The van der Waals surface area contributed by atoms with Crippen molar-refractivity contribution in [2.45, 2.75) is 66.0 Å². The molecule has 5 nitrogen and oxygen atoms in total. The summed E-state index contributed by atoms with van der Waals surface area (Å²) in [5.41, 5.74) is -0.395. The number of carbonyl (C=O) groups excluding carboxylic acids is 2. The van der Waals surface area contributed by atoms with E-state index in [0.717, 1.165) is 0 Å². The van der Waals surface area contributed by atoms with Crippen LogP contribution >= 0.6 is 0 Å². The van der Waals surface area contributed by atoms with Crippen LogP contribution in [0.2, 0.25) is 0 Å². The van der Waals surface area contributed by atoms with Gasteiger partial charge in [-0.15, -0.1) is 0 Å². The molecule has 0 fully saturated rings. The van der Waals surface area contributed by atoms with E-state index < -0.39 is 11.5 Å². The second-order valence-corrected chi connectivity index (χ2v) is 6.16. The van der Waals surface area contributed by atoms with Crippen molar-refractivity contribution in [2.24, 2.45) is 5.41 Å². The van der Waals surface area contributed by atoms with Crippen molar-refractivity contribution in [1.82, 2.24) is 10.6 Å². The number of hydrogen-bond donors (Lipinski definition) is 3. The zero-order valence-corrected chi connectivity index (χ0v) is 12.7. The Kier molecular flexibility index (Phi) is 7.68. The molecule has 0 aromatic heterocycles. The maximum Gasteiger partial charge on any atom is 0.225 e. The number of nitrogens with one attached hydrogen (secondary N) is 2. The van der Waals surface area contributed by atoms with E-state index in [2.05, 4.69) is 10.6 Å². The number of rotatable bonds is 7. The number of carbonyl (C=O) groups is 2. The van der Waals surface area contributed by atoms with Gasteiger partial charge in [0, 0.05) is 24.4 Å². The summed E-state index contributed by atoms with van der Waals surface area (Å²) >= 11 is 0. The Bertz CT molecular complexity index is 296. The highest BCUT2D eigenvalue weighted by Gasteiger charge is 2.20. The van der Waals surface area contributed by atoms with Gasteiger partial charge in [-0.1, -0.05) is 20.8 Å². The molecule has 0 aromatic carbocycles. The molecule has 0 heterocycles. The van der Waals surface area contributed by atoms with E-state index in [4.69, 9.17) is 0 Å². The van der Waals surface area contributed by atoms with Gasteiger partial charge in [0.25, 0.3) is 0 Å². The Morgan fingerprint density at radius 2 is 1.79 bits per heavy atom. The van der Waals surface area contributed by atoms with Crippen LogP contribution in [-0.2, 0) is 9.59 Å². The minimum absolute atomic E-state index is 0.00428. The highest BCUT2D eigenvalue weighted by molar-refractivity contribution is 5.81. The maximum absolute atomic E-state index is 11.6. The van der Waals surface area contributed by atoms with Gasteiger partial charge in [-0.25, -0.2) is 0 Å². The quantitative estimate of drug-likeness (QED) is 0.609. The molecule has 0 aliphatic heterocycles. The summed E-state index contributed by atoms with van der Waals surface area (Å²) in [6, 6.07) is -0.0309. The first-order valence-electron chi connectivity index (χ1n) is 6.88. The molecule has 5 heteroatoms. The van der Waals surface area contributed by atoms with Crippen molar-refractivity contribution in [3.05, 3.63) is 0 Å². The fraction of sp³-hybridized carbons (Fsp3) is 0.857. The highest BCUT2D eigenvalue weighted by Crippen LogP contribution is 2.12. The molecular weight excluding hydrogens is 244 g/mol. The fourth-order valence-corrected chi connectivity index (χ4v) is 1.63. The molecule has 0 radical (unpaired) electrons. The van der Waals surface area contributed by atoms with Gasteiger partial charge in [0.05, 0.1) is 6.10 Å². The summed E-state index contributed by atoms with van der Waals surface area (Å²) in [5.74, 6) is -0.0476. The molecule has 0 aliphatic carbocycles. The minimum Gasteiger partial charge on any atom is -0.393 e. The Morgan fingerprint density at radius 3 is 2.26 bits per heavy atom. The first kappa shape index (κ1) is 17.9. The van der Waals surface area contributed by atoms with Crippen molar-refractivity contribution in [3.63, 3.8) is 0 Å². The van der Waals surface area contributed by atoms with Crippen LogP contribution in [0.4, 0.5) is 0 Å². The van der Waals surface area contributed by atoms with Crippen molar-refractivity contribution >= 4 is 11.8 Å². The van der Waals surface area contributed by atoms with Crippen molar-refractivity contribution in [1.29, 1.82) is 0 Å². The SMILES string of the molecule is CC(O)CC(C)NC(=O)CCCNC(=O)C(C)(C)C. The average Bonchev–Trinajstić information content (AvgIpc) is 2.21. The van der Waals surface area contributed by atoms with Gasteiger partial charge in [0.2, 0.25) is 11.8 Å². The molecule has 0 spiro atoms. The van der Waals surface area contributed by atoms with Crippen LogP contribution in [0.15, 0.2) is 0 Å². The van der Waals surface area contributed by atoms with Gasteiger partial charge in [-0.2, -0.15) is 0 Å². The van der Waals surface area contributed by atoms with Gasteiger partial charge in [0.1, 0.15) is 0 Å². The molecule has 19 heavy (non-hydrogen) atoms. The van der Waals surface area contributed by atoms with Crippen LogP contribution in [0.3, 0.4) is 0 Å². The molecule has 0 aliphatic rings. The van der Waals surface area contributed by atoms with E-state index in [1.165, 1.54) is 0 Å². The van der Waals surface area contributed by atoms with E-state index in [0.29, 0.717) is 25.8 Å². The number of amides is 2. The van der Waals surface area contributed by atoms with Crippen LogP contribution in [0, 0.1) is 5.41 Å². The van der Waals surface area contributed by atoms with Crippen molar-refractivity contribution in [2.75, 3.05) is 6.54 Å². The van der Waals surface area contributed by atoms with Gasteiger partial charge in [0.15, 0.2) is 0 Å². The second-order valence-electron chi connectivity index (χ2n) is 6.16. The third kappa shape index (κ3) is 9.47. The lowest BCUT2D eigenvalue weighted by molar-refractivity contribution is -0.128. The normalized spacial score (nSPS) is 14.6. The van der Waals surface area contributed by atoms with Gasteiger partial charge >= 0.3 is 0 Å². The molecule has 0 saturated carbocycles. The van der Waals surface area contributed by atoms with E-state index in [-0.39, 0.29) is 17.9 Å². The smallest absolute Gasteiger partial charge is 0.225 e. The molecule has 0 rings (SSSR count). The van der Waals surface area contributed by atoms with Crippen LogP contribution in [0.5, 0.6) is 0 Å². The summed E-state index contributed by atoms with van der Waals surface area (Å²) in [6.07, 6.45) is 1.14. The lowest BCUT2D eigenvalue weighted by Gasteiger charge is -2.18. The Labute approximate surface area is 116 Å². The monoisotopic (exact) mass is 272 g/mol. The Morgan fingerprint density at radius 1 is 1.21 bits per heavy atom. The summed E-state index contributed by atoms with van der Waals surface area (Å²) in [6.45, 7) is 9.64. The first-order valence-corrected chi connectivity index (χ1v) is 6.88. The summed E-state index contributed by atoms with van der Waals surface area (Å²) in [7, 11) is 0. The third-order valence-electron chi connectivity index (χ3n) is 2.65. The van der Waals surface area contributed by atoms with E-state index in [1.54, 1.807) is 6.92 Å². The number of aliphatic hydroxyl groups excluding tert-OH is 1. The molecule has 0 aromatic rings. The minimum atomic E-state index is -0.415. The zero-order valence-electron chi connectivity index (χ0n) is 12.7. The lowest BCUT2D eigenvalue weighted by atomic mass is 9.96. The molecule has 3 N–H and O–H groups in total. The highest BCUT2D eigenvalue weighted by atomic mass is 16.3. The van der Waals surface area contributed by atoms with Crippen molar-refractivity contribution in [3.8, 4) is 0 Å². The van der Waals surface area contributed by atoms with E-state index in [9.17, 15) is 14.7 Å². The first-order chi connectivity index (χ1) is 8.62. The molecule has 0 bridgehead atoms. The number of aliphatic hydroxyl groups is 1. The topological polar surface area (TPSA) is 78.4 Å². The maximum atomic E-state index is 11.6. The molecule has 2 amide bonds. The fourth-order valence-electron chi connectivity index (χ4n) is 1.63. The number of hydrogen-bond acceptors (Lipinski definition) is 3. The zero-order chi connectivity index (χ0) is 15.1. The van der Waals surface area contributed by atoms with Crippen LogP contribution in [0.1, 0.15) is 53.9 Å². The predicted octanol–water partition coefficient (Wildman–Crippen LogP) is 1.20. The molecular formula is C14H28N2O3. The van der Waals surface area contributed by atoms with Gasteiger partial charge < -0.3 is 15.7 Å². The molecule has 2 atom stereocenters. The van der Waals surface area contributed by atoms with Crippen molar-refractivity contribution < 1.29 is 14.7 Å². The second kappa shape index (κ2) is 8.15. The van der Waals surface area contributed by atoms with Crippen LogP contribution in [-0.4, -0.2) is 35.6 Å². The van der Waals surface area contributed by atoms with E-state index >= 15 is 0 Å². The van der Waals surface area contributed by atoms with E-state index in [1.807, 2.05) is 27.7 Å². The summed E-state index contributed by atoms with van der Waals surface area (Å²) < 4.78 is 0. The lowest BCUT2D eigenvalue weighted by Crippen LogP contribution is -2.37. The molecule has 112 valence electrons. The van der Waals surface area contributed by atoms with Crippen LogP contribution in [0.25, 0.3) is 0 Å². The Hall–Kier alpha value is -1.10. The third-order valence-corrected chi connectivity index (χ3v) is 2.65. The van der Waals surface area contributed by atoms with Crippen LogP contribution < -0.4 is 10.6 Å².